The fourth-order valence-corrected chi connectivity index (χ4v) is 3.79. The summed E-state index contributed by atoms with van der Waals surface area (Å²) in [6.45, 7) is 0.310. The van der Waals surface area contributed by atoms with E-state index >= 15 is 0 Å². The summed E-state index contributed by atoms with van der Waals surface area (Å²) >= 11 is 16.6. The zero-order valence-corrected chi connectivity index (χ0v) is 16.5. The lowest BCUT2D eigenvalue weighted by atomic mass is 10.2. The van der Waals surface area contributed by atoms with E-state index in [1.807, 2.05) is 24.3 Å². The molecule has 2 N–H and O–H groups in total. The number of benzene rings is 2. The summed E-state index contributed by atoms with van der Waals surface area (Å²) < 4.78 is 6.55. The van der Waals surface area contributed by atoms with Gasteiger partial charge in [-0.25, -0.2) is 0 Å². The Kier molecular flexibility index (Phi) is 5.74. The maximum Gasteiger partial charge on any atom is 0.264 e. The van der Waals surface area contributed by atoms with Gasteiger partial charge in [0.2, 0.25) is 0 Å². The molecule has 2 aromatic rings. The maximum atomic E-state index is 11.7. The number of ether oxygens (including phenoxy) is 1. The van der Waals surface area contributed by atoms with Crippen molar-refractivity contribution in [1.82, 2.24) is 5.32 Å². The Labute approximate surface area is 167 Å². The molecule has 0 bridgehead atoms. The van der Waals surface area contributed by atoms with Crippen LogP contribution in [0.15, 0.2) is 45.8 Å². The van der Waals surface area contributed by atoms with Gasteiger partial charge < -0.3 is 10.1 Å². The quantitative estimate of drug-likeness (QED) is 0.598. The molecule has 1 fully saturated rings. The molecule has 4 nitrogen and oxygen atoms in total. The lowest BCUT2D eigenvalue weighted by molar-refractivity contribution is -0.115. The number of amidine groups is 1. The third-order valence-electron chi connectivity index (χ3n) is 3.31. The molecule has 128 valence electrons. The fourth-order valence-electron chi connectivity index (χ4n) is 2.11. The van der Waals surface area contributed by atoms with E-state index in [0.717, 1.165) is 27.4 Å². The van der Waals surface area contributed by atoms with Crippen LogP contribution in [0.2, 0.25) is 10.0 Å². The molecule has 0 saturated carbocycles. The van der Waals surface area contributed by atoms with E-state index in [1.54, 1.807) is 18.2 Å². The number of hydrogen-bond acceptors (Lipinski definition) is 4. The van der Waals surface area contributed by atoms with Gasteiger partial charge in [-0.1, -0.05) is 35.3 Å². The van der Waals surface area contributed by atoms with Gasteiger partial charge in [-0.05, 0) is 63.6 Å². The highest BCUT2D eigenvalue weighted by Gasteiger charge is 2.22. The van der Waals surface area contributed by atoms with Gasteiger partial charge in [0.15, 0.2) is 5.17 Å². The van der Waals surface area contributed by atoms with E-state index in [0.29, 0.717) is 27.3 Å². The molecule has 8 heteroatoms. The summed E-state index contributed by atoms with van der Waals surface area (Å²) in [7, 11) is 0. The van der Waals surface area contributed by atoms with Crippen LogP contribution in [-0.4, -0.2) is 11.1 Å². The first-order chi connectivity index (χ1) is 11.9. The number of nitrogens with one attached hydrogen (secondary N) is 2. The van der Waals surface area contributed by atoms with Gasteiger partial charge in [0.1, 0.15) is 12.4 Å². The van der Waals surface area contributed by atoms with Crippen molar-refractivity contribution in [2.24, 2.45) is 0 Å². The molecule has 1 amide bonds. The van der Waals surface area contributed by atoms with E-state index < -0.39 is 0 Å². The van der Waals surface area contributed by atoms with E-state index in [4.69, 9.17) is 33.3 Å². The fraction of sp³-hybridized carbons (Fsp3) is 0.0588. The minimum absolute atomic E-state index is 0.134. The maximum absolute atomic E-state index is 11.7. The van der Waals surface area contributed by atoms with Crippen molar-refractivity contribution in [2.75, 3.05) is 0 Å². The minimum atomic E-state index is -0.260. The number of hydrogen-bond donors (Lipinski definition) is 2. The summed E-state index contributed by atoms with van der Waals surface area (Å²) in [4.78, 5) is 12.1. The Bertz CT molecular complexity index is 902. The molecular formula is C17H11BrCl2N2O2S. The van der Waals surface area contributed by atoms with E-state index in [1.165, 1.54) is 0 Å². The van der Waals surface area contributed by atoms with Gasteiger partial charge in [0.25, 0.3) is 5.91 Å². The van der Waals surface area contributed by atoms with Crippen LogP contribution in [-0.2, 0) is 11.4 Å². The Hall–Kier alpha value is -1.47. The Morgan fingerprint density at radius 1 is 1.24 bits per heavy atom. The van der Waals surface area contributed by atoms with E-state index in [-0.39, 0.29) is 11.1 Å². The monoisotopic (exact) mass is 456 g/mol. The predicted octanol–water partition coefficient (Wildman–Crippen LogP) is 5.47. The van der Waals surface area contributed by atoms with Crippen molar-refractivity contribution in [1.29, 1.82) is 5.41 Å². The molecule has 1 aliphatic rings. The third kappa shape index (κ3) is 4.58. The van der Waals surface area contributed by atoms with E-state index in [2.05, 4.69) is 21.2 Å². The van der Waals surface area contributed by atoms with Crippen molar-refractivity contribution < 1.29 is 9.53 Å². The van der Waals surface area contributed by atoms with Crippen LogP contribution >= 0.6 is 50.9 Å². The smallest absolute Gasteiger partial charge is 0.264 e. The summed E-state index contributed by atoms with van der Waals surface area (Å²) in [5.41, 5.74) is 1.66. The van der Waals surface area contributed by atoms with Crippen LogP contribution in [0.3, 0.4) is 0 Å². The lowest BCUT2D eigenvalue weighted by Crippen LogP contribution is -2.18. The number of rotatable bonds is 4. The predicted molar refractivity (Wildman–Crippen MR) is 106 cm³/mol. The van der Waals surface area contributed by atoms with Crippen LogP contribution < -0.4 is 10.1 Å². The molecule has 1 heterocycles. The Balaban J connectivity index is 1.73. The lowest BCUT2D eigenvalue weighted by Gasteiger charge is -2.10. The average molecular weight is 458 g/mol. The van der Waals surface area contributed by atoms with Gasteiger partial charge in [-0.15, -0.1) is 0 Å². The average Bonchev–Trinajstić information content (AvgIpc) is 2.85. The van der Waals surface area contributed by atoms with Crippen molar-refractivity contribution in [2.45, 2.75) is 6.61 Å². The highest BCUT2D eigenvalue weighted by atomic mass is 79.9. The van der Waals surface area contributed by atoms with Crippen molar-refractivity contribution in [3.05, 3.63) is 66.9 Å². The second kappa shape index (κ2) is 7.83. The molecule has 0 radical (unpaired) electrons. The minimum Gasteiger partial charge on any atom is -0.488 e. The summed E-state index contributed by atoms with van der Waals surface area (Å²) in [5, 5.41) is 11.2. The number of thioether (sulfide) groups is 1. The molecule has 0 atom stereocenters. The summed E-state index contributed by atoms with van der Waals surface area (Å²) in [6, 6.07) is 10.8. The molecule has 25 heavy (non-hydrogen) atoms. The number of carbonyl (C=O) groups is 1. The molecule has 1 aliphatic heterocycles. The first kappa shape index (κ1) is 18.3. The van der Waals surface area contributed by atoms with Crippen molar-refractivity contribution >= 4 is 68.0 Å². The molecule has 0 unspecified atom stereocenters. The highest BCUT2D eigenvalue weighted by Crippen LogP contribution is 2.31. The van der Waals surface area contributed by atoms with Crippen LogP contribution in [0.5, 0.6) is 5.75 Å². The zero-order valence-electron chi connectivity index (χ0n) is 12.6. The molecule has 3 rings (SSSR count). The van der Waals surface area contributed by atoms with Crippen LogP contribution in [0.4, 0.5) is 0 Å². The third-order valence-corrected chi connectivity index (χ3v) is 5.35. The van der Waals surface area contributed by atoms with Gasteiger partial charge in [0.05, 0.1) is 9.38 Å². The van der Waals surface area contributed by atoms with Gasteiger partial charge in [-0.2, -0.15) is 0 Å². The van der Waals surface area contributed by atoms with Gasteiger partial charge in [0, 0.05) is 15.6 Å². The molecular weight excluding hydrogens is 447 g/mol. The SMILES string of the molecule is N=C1NC(=O)/C(=C\c2ccc(OCc3ccc(Cl)cc3Cl)c(Br)c2)S1. The highest BCUT2D eigenvalue weighted by molar-refractivity contribution is 9.10. The molecule has 0 aliphatic carbocycles. The van der Waals surface area contributed by atoms with Crippen LogP contribution in [0, 0.1) is 5.41 Å². The first-order valence-corrected chi connectivity index (χ1v) is 9.44. The molecule has 2 aromatic carbocycles. The van der Waals surface area contributed by atoms with E-state index in [9.17, 15) is 4.79 Å². The normalized spacial score (nSPS) is 15.6. The van der Waals surface area contributed by atoms with Gasteiger partial charge >= 0.3 is 0 Å². The molecule has 0 aromatic heterocycles. The number of carbonyl (C=O) groups excluding carboxylic acids is 1. The molecule has 0 spiro atoms. The summed E-state index contributed by atoms with van der Waals surface area (Å²) in [6.07, 6.45) is 1.73. The topological polar surface area (TPSA) is 62.2 Å². The second-order valence-electron chi connectivity index (χ2n) is 5.11. The largest absolute Gasteiger partial charge is 0.488 e. The Morgan fingerprint density at radius 3 is 2.68 bits per heavy atom. The number of amides is 1. The van der Waals surface area contributed by atoms with Crippen LogP contribution in [0.1, 0.15) is 11.1 Å². The van der Waals surface area contributed by atoms with Gasteiger partial charge in [-0.3, -0.25) is 10.2 Å². The standard InChI is InChI=1S/C17H11BrCl2N2O2S/c18-12-5-9(6-15-16(23)22-17(21)25-15)1-4-14(12)24-8-10-2-3-11(19)7-13(10)20/h1-7H,8H2,(H2,21,22,23)/b15-6+. The van der Waals surface area contributed by atoms with Crippen molar-refractivity contribution in [3.63, 3.8) is 0 Å². The number of halogens is 3. The Morgan fingerprint density at radius 2 is 2.04 bits per heavy atom. The van der Waals surface area contributed by atoms with Crippen molar-refractivity contribution in [3.8, 4) is 5.75 Å². The molecule has 1 saturated heterocycles. The second-order valence-corrected chi connectivity index (χ2v) is 7.86. The first-order valence-electron chi connectivity index (χ1n) is 7.08. The zero-order chi connectivity index (χ0) is 18.0. The summed E-state index contributed by atoms with van der Waals surface area (Å²) in [5.74, 6) is 0.397. The van der Waals surface area contributed by atoms with Crippen LogP contribution in [0.25, 0.3) is 6.08 Å².